The van der Waals surface area contributed by atoms with Crippen LogP contribution in [0, 0.1) is 26.6 Å². The van der Waals surface area contributed by atoms with Crippen molar-refractivity contribution in [3.05, 3.63) is 64.3 Å². The zero-order chi connectivity index (χ0) is 18.7. The van der Waals surface area contributed by atoms with Gasteiger partial charge in [-0.1, -0.05) is 6.07 Å². The van der Waals surface area contributed by atoms with Crippen molar-refractivity contribution in [2.45, 2.75) is 20.8 Å². The molecule has 26 heavy (non-hydrogen) atoms. The zero-order valence-electron chi connectivity index (χ0n) is 14.8. The van der Waals surface area contributed by atoms with Crippen molar-refractivity contribution in [2.75, 3.05) is 11.9 Å². The molecule has 0 saturated heterocycles. The van der Waals surface area contributed by atoms with Gasteiger partial charge >= 0.3 is 0 Å². The van der Waals surface area contributed by atoms with Gasteiger partial charge in [0.2, 0.25) is 0 Å². The Bertz CT molecular complexity index is 915. The topological polar surface area (TPSA) is 51.2 Å². The van der Waals surface area contributed by atoms with Gasteiger partial charge in [0.15, 0.2) is 11.7 Å². The second-order valence-corrected chi connectivity index (χ2v) is 7.29. The van der Waals surface area contributed by atoms with Gasteiger partial charge in [-0.2, -0.15) is 0 Å². The summed E-state index contributed by atoms with van der Waals surface area (Å²) in [4.78, 5) is 17.5. The molecular formula is C20H19FN2O2S. The summed E-state index contributed by atoms with van der Waals surface area (Å²) in [5.41, 5.74) is 3.72. The van der Waals surface area contributed by atoms with Gasteiger partial charge in [-0.3, -0.25) is 10.1 Å². The number of rotatable bonds is 5. The molecule has 0 aliphatic heterocycles. The summed E-state index contributed by atoms with van der Waals surface area (Å²) in [6, 6.07) is 12.0. The third-order valence-corrected chi connectivity index (χ3v) is 4.61. The van der Waals surface area contributed by atoms with Gasteiger partial charge in [0, 0.05) is 10.4 Å². The SMILES string of the molecule is Cc1cc(C)cc(OCC(=O)Nc2nc(-c3ccc(F)cc3)c(C)s2)c1. The molecule has 1 amide bonds. The van der Waals surface area contributed by atoms with Crippen LogP contribution in [-0.2, 0) is 4.79 Å². The summed E-state index contributed by atoms with van der Waals surface area (Å²) in [5.74, 6) is 0.0993. The molecule has 134 valence electrons. The molecule has 2 aromatic carbocycles. The first-order chi connectivity index (χ1) is 12.4. The number of aryl methyl sites for hydroxylation is 3. The molecule has 1 aromatic heterocycles. The predicted molar refractivity (Wildman–Crippen MR) is 102 cm³/mol. The minimum Gasteiger partial charge on any atom is -0.484 e. The van der Waals surface area contributed by atoms with Crippen LogP contribution in [0.2, 0.25) is 0 Å². The average Bonchev–Trinajstić information content (AvgIpc) is 2.93. The highest BCUT2D eigenvalue weighted by molar-refractivity contribution is 7.16. The van der Waals surface area contributed by atoms with E-state index in [9.17, 15) is 9.18 Å². The number of benzene rings is 2. The number of nitrogens with zero attached hydrogens (tertiary/aromatic N) is 1. The molecule has 3 aromatic rings. The number of nitrogens with one attached hydrogen (secondary N) is 1. The highest BCUT2D eigenvalue weighted by Gasteiger charge is 2.13. The van der Waals surface area contributed by atoms with Crippen LogP contribution in [0.25, 0.3) is 11.3 Å². The Hall–Kier alpha value is -2.73. The molecule has 1 heterocycles. The second-order valence-electron chi connectivity index (χ2n) is 6.09. The first kappa shape index (κ1) is 18.1. The number of amides is 1. The van der Waals surface area contributed by atoms with E-state index in [1.165, 1.54) is 23.5 Å². The monoisotopic (exact) mass is 370 g/mol. The largest absolute Gasteiger partial charge is 0.484 e. The number of carbonyl (C=O) groups is 1. The number of ether oxygens (including phenoxy) is 1. The fourth-order valence-corrected chi connectivity index (χ4v) is 3.50. The zero-order valence-corrected chi connectivity index (χ0v) is 15.6. The number of aromatic nitrogens is 1. The maximum Gasteiger partial charge on any atom is 0.264 e. The van der Waals surface area contributed by atoms with Gasteiger partial charge in [-0.25, -0.2) is 9.37 Å². The minimum absolute atomic E-state index is 0.0899. The van der Waals surface area contributed by atoms with E-state index in [4.69, 9.17) is 4.74 Å². The lowest BCUT2D eigenvalue weighted by Crippen LogP contribution is -2.20. The molecule has 1 N–H and O–H groups in total. The van der Waals surface area contributed by atoms with Crippen molar-refractivity contribution >= 4 is 22.4 Å². The molecule has 0 aliphatic rings. The Labute approximate surface area is 155 Å². The molecular weight excluding hydrogens is 351 g/mol. The fourth-order valence-electron chi connectivity index (χ4n) is 2.65. The van der Waals surface area contributed by atoms with Crippen LogP contribution < -0.4 is 10.1 Å². The maximum atomic E-state index is 13.1. The normalized spacial score (nSPS) is 10.6. The summed E-state index contributed by atoms with van der Waals surface area (Å²) < 4.78 is 18.6. The highest BCUT2D eigenvalue weighted by Crippen LogP contribution is 2.30. The van der Waals surface area contributed by atoms with Crippen LogP contribution in [-0.4, -0.2) is 17.5 Å². The third kappa shape index (κ3) is 4.46. The Balaban J connectivity index is 1.64. The smallest absolute Gasteiger partial charge is 0.264 e. The standard InChI is InChI=1S/C20H19FN2O2S/c1-12-8-13(2)10-17(9-12)25-11-18(24)22-20-23-19(14(3)26-20)15-4-6-16(21)7-5-15/h4-10H,11H2,1-3H3,(H,22,23,24). The van der Waals surface area contributed by atoms with Gasteiger partial charge < -0.3 is 4.74 Å². The summed E-state index contributed by atoms with van der Waals surface area (Å²) in [6.07, 6.45) is 0. The maximum absolute atomic E-state index is 13.1. The van der Waals surface area contributed by atoms with E-state index in [1.807, 2.05) is 39.0 Å². The Kier molecular flexibility index (Phi) is 5.32. The van der Waals surface area contributed by atoms with Crippen LogP contribution in [0.3, 0.4) is 0 Å². The predicted octanol–water partition coefficient (Wildman–Crippen LogP) is 4.89. The lowest BCUT2D eigenvalue weighted by atomic mass is 10.1. The van der Waals surface area contributed by atoms with Gasteiger partial charge in [0.1, 0.15) is 11.6 Å². The lowest BCUT2D eigenvalue weighted by Gasteiger charge is -2.07. The minimum atomic E-state index is -0.293. The Morgan fingerprint density at radius 3 is 2.42 bits per heavy atom. The van der Waals surface area contributed by atoms with Gasteiger partial charge in [-0.15, -0.1) is 11.3 Å². The number of hydrogen-bond donors (Lipinski definition) is 1. The van der Waals surface area contributed by atoms with Crippen molar-refractivity contribution < 1.29 is 13.9 Å². The van der Waals surface area contributed by atoms with Crippen molar-refractivity contribution in [2.24, 2.45) is 0 Å². The van der Waals surface area contributed by atoms with Crippen LogP contribution in [0.15, 0.2) is 42.5 Å². The second kappa shape index (κ2) is 7.66. The molecule has 0 saturated carbocycles. The average molecular weight is 370 g/mol. The summed E-state index contributed by atoms with van der Waals surface area (Å²) >= 11 is 1.38. The van der Waals surface area contributed by atoms with Crippen LogP contribution in [0.1, 0.15) is 16.0 Å². The highest BCUT2D eigenvalue weighted by atomic mass is 32.1. The number of anilines is 1. The van der Waals surface area contributed by atoms with Gasteiger partial charge in [-0.05, 0) is 68.3 Å². The molecule has 4 nitrogen and oxygen atoms in total. The molecule has 6 heteroatoms. The molecule has 0 unspecified atom stereocenters. The molecule has 0 bridgehead atoms. The Morgan fingerprint density at radius 2 is 1.77 bits per heavy atom. The quantitative estimate of drug-likeness (QED) is 0.695. The van der Waals surface area contributed by atoms with Crippen molar-refractivity contribution in [1.29, 1.82) is 0 Å². The fraction of sp³-hybridized carbons (Fsp3) is 0.200. The van der Waals surface area contributed by atoms with E-state index in [-0.39, 0.29) is 18.3 Å². The van der Waals surface area contributed by atoms with Crippen LogP contribution in [0.5, 0.6) is 5.75 Å². The first-order valence-electron chi connectivity index (χ1n) is 8.15. The first-order valence-corrected chi connectivity index (χ1v) is 8.96. The van der Waals surface area contributed by atoms with E-state index in [2.05, 4.69) is 10.3 Å². The molecule has 0 fully saturated rings. The summed E-state index contributed by atoms with van der Waals surface area (Å²) in [5, 5.41) is 3.25. The van der Waals surface area contributed by atoms with Crippen molar-refractivity contribution in [3.8, 4) is 17.0 Å². The Morgan fingerprint density at radius 1 is 1.12 bits per heavy atom. The number of thiazole rings is 1. The lowest BCUT2D eigenvalue weighted by molar-refractivity contribution is -0.118. The van der Waals surface area contributed by atoms with E-state index in [1.54, 1.807) is 12.1 Å². The van der Waals surface area contributed by atoms with E-state index in [0.717, 1.165) is 27.3 Å². The van der Waals surface area contributed by atoms with E-state index < -0.39 is 0 Å². The molecule has 0 spiro atoms. The van der Waals surface area contributed by atoms with Gasteiger partial charge in [0.25, 0.3) is 5.91 Å². The molecule has 0 atom stereocenters. The van der Waals surface area contributed by atoms with Gasteiger partial charge in [0.05, 0.1) is 5.69 Å². The number of carbonyl (C=O) groups excluding carboxylic acids is 1. The molecule has 3 rings (SSSR count). The number of halogens is 1. The summed E-state index contributed by atoms with van der Waals surface area (Å²) in [7, 11) is 0. The number of hydrogen-bond acceptors (Lipinski definition) is 4. The third-order valence-electron chi connectivity index (χ3n) is 3.73. The van der Waals surface area contributed by atoms with Crippen molar-refractivity contribution in [3.63, 3.8) is 0 Å². The molecule has 0 radical (unpaired) electrons. The van der Waals surface area contributed by atoms with E-state index in [0.29, 0.717) is 10.9 Å². The molecule has 0 aliphatic carbocycles. The van der Waals surface area contributed by atoms with Crippen molar-refractivity contribution in [1.82, 2.24) is 4.98 Å². The van der Waals surface area contributed by atoms with Crippen LogP contribution in [0.4, 0.5) is 9.52 Å². The van der Waals surface area contributed by atoms with E-state index >= 15 is 0 Å². The summed E-state index contributed by atoms with van der Waals surface area (Å²) in [6.45, 7) is 5.79. The van der Waals surface area contributed by atoms with Crippen LogP contribution >= 0.6 is 11.3 Å².